The van der Waals surface area contributed by atoms with Gasteiger partial charge in [-0.15, -0.1) is 0 Å². The van der Waals surface area contributed by atoms with Crippen LogP contribution in [0.4, 0.5) is 17.6 Å². The number of alkyl halides is 3. The molecule has 1 N–H and O–H groups in total. The first-order valence-electron chi connectivity index (χ1n) is 5.11. The lowest BCUT2D eigenvalue weighted by Crippen LogP contribution is -2.35. The molecule has 0 heterocycles. The SMILES string of the molecule is CCCNC(c1ccc(Cl)cc1F)C(F)(F)F. The van der Waals surface area contributed by atoms with Gasteiger partial charge in [-0.1, -0.05) is 24.6 Å². The van der Waals surface area contributed by atoms with Gasteiger partial charge in [-0.3, -0.25) is 0 Å². The average Bonchev–Trinajstić information content (AvgIpc) is 2.19. The summed E-state index contributed by atoms with van der Waals surface area (Å²) in [5, 5.41) is 2.35. The maximum absolute atomic E-state index is 13.4. The fourth-order valence-corrected chi connectivity index (χ4v) is 1.59. The van der Waals surface area contributed by atoms with Gasteiger partial charge >= 0.3 is 6.18 Å². The first kappa shape index (κ1) is 14.3. The topological polar surface area (TPSA) is 12.0 Å². The van der Waals surface area contributed by atoms with Crippen LogP contribution in [0.2, 0.25) is 5.02 Å². The van der Waals surface area contributed by atoms with Crippen molar-refractivity contribution in [2.45, 2.75) is 25.6 Å². The molecule has 1 rings (SSSR count). The number of benzene rings is 1. The molecule has 1 nitrogen and oxygen atoms in total. The van der Waals surface area contributed by atoms with Gasteiger partial charge in [0.15, 0.2) is 0 Å². The lowest BCUT2D eigenvalue weighted by atomic mass is 10.1. The second-order valence-electron chi connectivity index (χ2n) is 3.59. The third kappa shape index (κ3) is 3.85. The van der Waals surface area contributed by atoms with Gasteiger partial charge in [0.05, 0.1) is 0 Å². The van der Waals surface area contributed by atoms with E-state index in [-0.39, 0.29) is 11.6 Å². The molecule has 0 fully saturated rings. The van der Waals surface area contributed by atoms with E-state index in [9.17, 15) is 17.6 Å². The summed E-state index contributed by atoms with van der Waals surface area (Å²) in [6.07, 6.45) is -4.01. The van der Waals surface area contributed by atoms with Crippen LogP contribution in [0.1, 0.15) is 24.9 Å². The summed E-state index contributed by atoms with van der Waals surface area (Å²) in [6, 6.07) is 1.17. The van der Waals surface area contributed by atoms with Crippen molar-refractivity contribution in [1.29, 1.82) is 0 Å². The van der Waals surface area contributed by atoms with Crippen molar-refractivity contribution in [3.8, 4) is 0 Å². The summed E-state index contributed by atoms with van der Waals surface area (Å²) in [5.74, 6) is -0.955. The molecule has 1 atom stereocenters. The van der Waals surface area contributed by atoms with E-state index in [4.69, 9.17) is 11.6 Å². The molecule has 0 aliphatic heterocycles. The molecule has 0 saturated carbocycles. The minimum absolute atomic E-state index is 0.0719. The lowest BCUT2D eigenvalue weighted by molar-refractivity contribution is -0.158. The Bertz CT molecular complexity index is 378. The lowest BCUT2D eigenvalue weighted by Gasteiger charge is -2.22. The highest BCUT2D eigenvalue weighted by molar-refractivity contribution is 6.30. The van der Waals surface area contributed by atoms with Gasteiger partial charge in [0, 0.05) is 10.6 Å². The van der Waals surface area contributed by atoms with E-state index in [0.29, 0.717) is 6.42 Å². The van der Waals surface area contributed by atoms with E-state index in [1.165, 1.54) is 6.07 Å². The monoisotopic (exact) mass is 269 g/mol. The van der Waals surface area contributed by atoms with Crippen LogP contribution in [0, 0.1) is 5.82 Å². The fourth-order valence-electron chi connectivity index (χ4n) is 1.43. The maximum Gasteiger partial charge on any atom is 0.408 e. The van der Waals surface area contributed by atoms with Crippen LogP contribution in [-0.4, -0.2) is 12.7 Å². The molecular weight excluding hydrogens is 258 g/mol. The summed E-state index contributed by atoms with van der Waals surface area (Å²) >= 11 is 5.50. The van der Waals surface area contributed by atoms with Gasteiger partial charge in [-0.05, 0) is 25.1 Å². The quantitative estimate of drug-likeness (QED) is 0.812. The zero-order chi connectivity index (χ0) is 13.1. The van der Waals surface area contributed by atoms with E-state index in [1.807, 2.05) is 0 Å². The molecule has 0 aromatic heterocycles. The van der Waals surface area contributed by atoms with Crippen molar-refractivity contribution in [3.05, 3.63) is 34.6 Å². The molecule has 96 valence electrons. The van der Waals surface area contributed by atoms with E-state index in [0.717, 1.165) is 12.1 Å². The standard InChI is InChI=1S/C11H12ClF4N/c1-2-5-17-10(11(14,15)16)8-4-3-7(12)6-9(8)13/h3-4,6,10,17H,2,5H2,1H3. The first-order chi connectivity index (χ1) is 7.86. The Balaban J connectivity index is 3.04. The Labute approximate surface area is 102 Å². The largest absolute Gasteiger partial charge is 0.408 e. The van der Waals surface area contributed by atoms with E-state index >= 15 is 0 Å². The van der Waals surface area contributed by atoms with Gasteiger partial charge in [-0.25, -0.2) is 4.39 Å². The molecule has 0 radical (unpaired) electrons. The highest BCUT2D eigenvalue weighted by Gasteiger charge is 2.41. The smallest absolute Gasteiger partial charge is 0.302 e. The summed E-state index contributed by atoms with van der Waals surface area (Å²) in [4.78, 5) is 0. The molecule has 0 spiro atoms. The molecule has 0 aliphatic carbocycles. The van der Waals surface area contributed by atoms with Crippen molar-refractivity contribution in [2.24, 2.45) is 0 Å². The van der Waals surface area contributed by atoms with Crippen molar-refractivity contribution in [2.75, 3.05) is 6.54 Å². The third-order valence-corrected chi connectivity index (χ3v) is 2.43. The Morgan fingerprint density at radius 3 is 2.47 bits per heavy atom. The number of hydrogen-bond donors (Lipinski definition) is 1. The normalized spacial score (nSPS) is 13.8. The number of nitrogens with one attached hydrogen (secondary N) is 1. The van der Waals surface area contributed by atoms with Crippen LogP contribution >= 0.6 is 11.6 Å². The van der Waals surface area contributed by atoms with Crippen LogP contribution in [0.3, 0.4) is 0 Å². The Morgan fingerprint density at radius 2 is 2.00 bits per heavy atom. The summed E-state index contributed by atoms with van der Waals surface area (Å²) in [5.41, 5.74) is -0.435. The van der Waals surface area contributed by atoms with Gasteiger partial charge in [0.2, 0.25) is 0 Å². The zero-order valence-electron chi connectivity index (χ0n) is 9.11. The van der Waals surface area contributed by atoms with Gasteiger partial charge in [-0.2, -0.15) is 13.2 Å². The molecule has 0 bridgehead atoms. The highest BCUT2D eigenvalue weighted by atomic mass is 35.5. The molecule has 1 unspecified atom stereocenters. The fraction of sp³-hybridized carbons (Fsp3) is 0.455. The molecular formula is C11H12ClF4N. The van der Waals surface area contributed by atoms with Crippen LogP contribution in [-0.2, 0) is 0 Å². The molecule has 0 saturated heterocycles. The average molecular weight is 270 g/mol. The second kappa shape index (κ2) is 5.69. The van der Waals surface area contributed by atoms with E-state index < -0.39 is 23.6 Å². The van der Waals surface area contributed by atoms with Crippen LogP contribution in [0.5, 0.6) is 0 Å². The molecule has 1 aromatic carbocycles. The van der Waals surface area contributed by atoms with Crippen LogP contribution in [0.15, 0.2) is 18.2 Å². The van der Waals surface area contributed by atoms with Gasteiger partial charge in [0.1, 0.15) is 11.9 Å². The van der Waals surface area contributed by atoms with Crippen molar-refractivity contribution < 1.29 is 17.6 Å². The van der Waals surface area contributed by atoms with Crippen molar-refractivity contribution in [1.82, 2.24) is 5.32 Å². The number of hydrogen-bond acceptors (Lipinski definition) is 1. The van der Waals surface area contributed by atoms with Crippen molar-refractivity contribution in [3.63, 3.8) is 0 Å². The van der Waals surface area contributed by atoms with Gasteiger partial charge in [0.25, 0.3) is 0 Å². The second-order valence-corrected chi connectivity index (χ2v) is 4.03. The predicted molar refractivity (Wildman–Crippen MR) is 58.5 cm³/mol. The Kier molecular flexibility index (Phi) is 4.77. The first-order valence-corrected chi connectivity index (χ1v) is 5.49. The molecule has 0 aliphatic rings. The van der Waals surface area contributed by atoms with E-state index in [2.05, 4.69) is 5.32 Å². The zero-order valence-corrected chi connectivity index (χ0v) is 9.87. The maximum atomic E-state index is 13.4. The van der Waals surface area contributed by atoms with Crippen LogP contribution in [0.25, 0.3) is 0 Å². The number of halogens is 5. The Hall–Kier alpha value is -0.810. The third-order valence-electron chi connectivity index (χ3n) is 2.20. The molecule has 6 heteroatoms. The summed E-state index contributed by atoms with van der Waals surface area (Å²) in [7, 11) is 0. The van der Waals surface area contributed by atoms with Gasteiger partial charge < -0.3 is 5.32 Å². The molecule has 0 amide bonds. The molecule has 1 aromatic rings. The minimum atomic E-state index is -4.54. The summed E-state index contributed by atoms with van der Waals surface area (Å²) in [6.45, 7) is 1.89. The van der Waals surface area contributed by atoms with Crippen LogP contribution < -0.4 is 5.32 Å². The minimum Gasteiger partial charge on any atom is -0.302 e. The Morgan fingerprint density at radius 1 is 1.35 bits per heavy atom. The summed E-state index contributed by atoms with van der Waals surface area (Å²) < 4.78 is 51.7. The molecule has 17 heavy (non-hydrogen) atoms. The highest BCUT2D eigenvalue weighted by Crippen LogP contribution is 2.34. The predicted octanol–water partition coefficient (Wildman–Crippen LogP) is 4.08. The van der Waals surface area contributed by atoms with Crippen molar-refractivity contribution >= 4 is 11.6 Å². The van der Waals surface area contributed by atoms with E-state index in [1.54, 1.807) is 6.92 Å². The number of rotatable bonds is 4.